The monoisotopic (exact) mass is 324 g/mol. The van der Waals surface area contributed by atoms with Crippen molar-refractivity contribution in [1.29, 1.82) is 0 Å². The molecule has 1 saturated heterocycles. The van der Waals surface area contributed by atoms with Gasteiger partial charge in [0.25, 0.3) is 0 Å². The van der Waals surface area contributed by atoms with Gasteiger partial charge < -0.3 is 15.4 Å². The summed E-state index contributed by atoms with van der Waals surface area (Å²) in [5.41, 5.74) is 6.63. The average Bonchev–Trinajstić information content (AvgIpc) is 2.50. The van der Waals surface area contributed by atoms with Gasteiger partial charge in [-0.05, 0) is 23.8 Å². The van der Waals surface area contributed by atoms with Gasteiger partial charge in [0.1, 0.15) is 11.9 Å². The zero-order chi connectivity index (χ0) is 14.8. The Bertz CT molecular complexity index is 653. The summed E-state index contributed by atoms with van der Waals surface area (Å²) < 4.78 is 5.82. The predicted molar refractivity (Wildman–Crippen MR) is 83.8 cm³/mol. The number of nitrogens with two attached hydrogens (primary N) is 1. The Balaban J connectivity index is 1.80. The second-order valence-electron chi connectivity index (χ2n) is 4.75. The van der Waals surface area contributed by atoms with E-state index in [4.69, 9.17) is 33.7 Å². The van der Waals surface area contributed by atoms with Crippen LogP contribution in [0.25, 0.3) is 0 Å². The minimum absolute atomic E-state index is 0.0790. The van der Waals surface area contributed by atoms with Crippen molar-refractivity contribution in [3.8, 4) is 0 Å². The fraction of sp³-hybridized carbons (Fsp3) is 0.286. The number of ether oxygens (including phenoxy) is 1. The van der Waals surface area contributed by atoms with Crippen LogP contribution in [-0.4, -0.2) is 29.7 Å². The van der Waals surface area contributed by atoms with Crippen LogP contribution in [0.15, 0.2) is 30.5 Å². The first kappa shape index (κ1) is 14.4. The van der Waals surface area contributed by atoms with Gasteiger partial charge in [-0.2, -0.15) is 4.98 Å². The topological polar surface area (TPSA) is 64.3 Å². The first-order valence-corrected chi connectivity index (χ1v) is 7.29. The van der Waals surface area contributed by atoms with Crippen molar-refractivity contribution in [3.63, 3.8) is 0 Å². The standard InChI is InChI=1S/C14H14Cl2N4O/c15-10-2-1-9(7-11(10)16)12-8-20(5-6-21-12)13-3-4-18-14(17)19-13/h1-4,7,12H,5-6,8H2,(H2,17,18,19). The van der Waals surface area contributed by atoms with Crippen LogP contribution < -0.4 is 10.6 Å². The smallest absolute Gasteiger partial charge is 0.221 e. The molecule has 1 unspecified atom stereocenters. The van der Waals surface area contributed by atoms with Gasteiger partial charge in [-0.3, -0.25) is 0 Å². The predicted octanol–water partition coefficient (Wildman–Crippen LogP) is 2.94. The van der Waals surface area contributed by atoms with Gasteiger partial charge in [-0.25, -0.2) is 4.98 Å². The third kappa shape index (κ3) is 3.20. The van der Waals surface area contributed by atoms with Crippen molar-refractivity contribution < 1.29 is 4.74 Å². The zero-order valence-electron chi connectivity index (χ0n) is 11.2. The van der Waals surface area contributed by atoms with Crippen LogP contribution in [0.3, 0.4) is 0 Å². The molecule has 1 aliphatic rings. The number of aromatic nitrogens is 2. The summed E-state index contributed by atoms with van der Waals surface area (Å²) in [6, 6.07) is 7.39. The number of nitrogens with zero attached hydrogens (tertiary/aromatic N) is 3. The Morgan fingerprint density at radius 1 is 1.24 bits per heavy atom. The van der Waals surface area contributed by atoms with Crippen LogP contribution in [0.4, 0.5) is 11.8 Å². The molecule has 0 radical (unpaired) electrons. The molecular weight excluding hydrogens is 311 g/mol. The van der Waals surface area contributed by atoms with Crippen molar-refractivity contribution in [2.75, 3.05) is 30.3 Å². The largest absolute Gasteiger partial charge is 0.370 e. The highest BCUT2D eigenvalue weighted by molar-refractivity contribution is 6.42. The SMILES string of the molecule is Nc1nccc(N2CCOC(c3ccc(Cl)c(Cl)c3)C2)n1. The highest BCUT2D eigenvalue weighted by Gasteiger charge is 2.23. The van der Waals surface area contributed by atoms with E-state index in [1.807, 2.05) is 18.2 Å². The normalized spacial score (nSPS) is 18.8. The van der Waals surface area contributed by atoms with Gasteiger partial charge in [0.05, 0.1) is 16.7 Å². The van der Waals surface area contributed by atoms with E-state index in [0.29, 0.717) is 23.2 Å². The third-order valence-electron chi connectivity index (χ3n) is 3.37. The quantitative estimate of drug-likeness (QED) is 0.920. The van der Waals surface area contributed by atoms with Crippen molar-refractivity contribution >= 4 is 35.0 Å². The summed E-state index contributed by atoms with van der Waals surface area (Å²) in [5.74, 6) is 1.07. The maximum absolute atomic E-state index is 6.07. The van der Waals surface area contributed by atoms with Crippen molar-refractivity contribution in [1.82, 2.24) is 9.97 Å². The van der Waals surface area contributed by atoms with E-state index in [1.165, 1.54) is 0 Å². The van der Waals surface area contributed by atoms with Gasteiger partial charge in [0.2, 0.25) is 5.95 Å². The zero-order valence-corrected chi connectivity index (χ0v) is 12.7. The van der Waals surface area contributed by atoms with Crippen LogP contribution >= 0.6 is 23.2 Å². The number of morpholine rings is 1. The molecular formula is C14H14Cl2N4O. The first-order chi connectivity index (χ1) is 10.1. The fourth-order valence-electron chi connectivity index (χ4n) is 2.31. The summed E-state index contributed by atoms with van der Waals surface area (Å²) in [5, 5.41) is 1.07. The number of nitrogen functional groups attached to an aromatic ring is 1. The molecule has 0 saturated carbocycles. The lowest BCUT2D eigenvalue weighted by Gasteiger charge is -2.34. The summed E-state index contributed by atoms with van der Waals surface area (Å²) >= 11 is 12.0. The lowest BCUT2D eigenvalue weighted by molar-refractivity contribution is 0.0395. The molecule has 3 rings (SSSR count). The maximum atomic E-state index is 6.07. The minimum Gasteiger partial charge on any atom is -0.370 e. The molecule has 1 atom stereocenters. The molecule has 1 aliphatic heterocycles. The Morgan fingerprint density at radius 3 is 2.86 bits per heavy atom. The third-order valence-corrected chi connectivity index (χ3v) is 4.10. The number of anilines is 2. The molecule has 1 aromatic heterocycles. The van der Waals surface area contributed by atoms with E-state index < -0.39 is 0 Å². The van der Waals surface area contributed by atoms with Crippen molar-refractivity contribution in [3.05, 3.63) is 46.1 Å². The Hall–Kier alpha value is -1.56. The molecule has 110 valence electrons. The van der Waals surface area contributed by atoms with Crippen LogP contribution in [-0.2, 0) is 4.74 Å². The number of hydrogen-bond acceptors (Lipinski definition) is 5. The maximum Gasteiger partial charge on any atom is 0.221 e. The summed E-state index contributed by atoms with van der Waals surface area (Å²) in [7, 11) is 0. The van der Waals surface area contributed by atoms with Gasteiger partial charge in [0, 0.05) is 19.3 Å². The van der Waals surface area contributed by atoms with Gasteiger partial charge in [0.15, 0.2) is 0 Å². The highest BCUT2D eigenvalue weighted by Crippen LogP contribution is 2.30. The molecule has 0 amide bonds. The molecule has 1 aromatic carbocycles. The molecule has 0 aliphatic carbocycles. The Kier molecular flexibility index (Phi) is 4.14. The second-order valence-corrected chi connectivity index (χ2v) is 5.57. The fourth-order valence-corrected chi connectivity index (χ4v) is 2.62. The first-order valence-electron chi connectivity index (χ1n) is 6.53. The number of hydrogen-bond donors (Lipinski definition) is 1. The van der Waals surface area contributed by atoms with Gasteiger partial charge in [-0.15, -0.1) is 0 Å². The van der Waals surface area contributed by atoms with E-state index in [0.717, 1.165) is 17.9 Å². The number of halogens is 2. The molecule has 2 aromatic rings. The second kappa shape index (κ2) is 6.05. The van der Waals surface area contributed by atoms with E-state index in [2.05, 4.69) is 14.9 Å². The van der Waals surface area contributed by atoms with E-state index >= 15 is 0 Å². The molecule has 0 bridgehead atoms. The van der Waals surface area contributed by atoms with Gasteiger partial charge in [-0.1, -0.05) is 29.3 Å². The van der Waals surface area contributed by atoms with Crippen LogP contribution in [0.2, 0.25) is 10.0 Å². The lowest BCUT2D eigenvalue weighted by Crippen LogP contribution is -2.39. The van der Waals surface area contributed by atoms with Gasteiger partial charge >= 0.3 is 0 Å². The molecule has 2 heterocycles. The van der Waals surface area contributed by atoms with Crippen molar-refractivity contribution in [2.45, 2.75) is 6.10 Å². The van der Waals surface area contributed by atoms with Crippen LogP contribution in [0, 0.1) is 0 Å². The summed E-state index contributed by atoms with van der Waals surface area (Å²) in [4.78, 5) is 10.3. The average molecular weight is 325 g/mol. The molecule has 1 fully saturated rings. The summed E-state index contributed by atoms with van der Waals surface area (Å²) in [6.45, 7) is 2.04. The Labute approximate surface area is 132 Å². The molecule has 2 N–H and O–H groups in total. The van der Waals surface area contributed by atoms with E-state index in [9.17, 15) is 0 Å². The molecule has 7 heteroatoms. The van der Waals surface area contributed by atoms with Crippen LogP contribution in [0.5, 0.6) is 0 Å². The number of benzene rings is 1. The van der Waals surface area contributed by atoms with E-state index in [1.54, 1.807) is 12.3 Å². The Morgan fingerprint density at radius 2 is 2.10 bits per heavy atom. The minimum atomic E-state index is -0.0790. The molecule has 21 heavy (non-hydrogen) atoms. The highest BCUT2D eigenvalue weighted by atomic mass is 35.5. The molecule has 0 spiro atoms. The number of rotatable bonds is 2. The summed E-state index contributed by atoms with van der Waals surface area (Å²) in [6.07, 6.45) is 1.58. The molecule has 5 nitrogen and oxygen atoms in total. The van der Waals surface area contributed by atoms with Crippen molar-refractivity contribution in [2.24, 2.45) is 0 Å². The van der Waals surface area contributed by atoms with E-state index in [-0.39, 0.29) is 12.1 Å². The van der Waals surface area contributed by atoms with Crippen LogP contribution in [0.1, 0.15) is 11.7 Å². The lowest BCUT2D eigenvalue weighted by atomic mass is 10.1.